The summed E-state index contributed by atoms with van der Waals surface area (Å²) in [5, 5.41) is 0. The van der Waals surface area contributed by atoms with Crippen LogP contribution in [0.4, 0.5) is 5.69 Å². The Morgan fingerprint density at radius 2 is 1.94 bits per heavy atom. The van der Waals surface area contributed by atoms with E-state index in [1.54, 1.807) is 12.4 Å². The molecular weight excluding hydrogens is 200 g/mol. The van der Waals surface area contributed by atoms with Crippen LogP contribution in [-0.2, 0) is 0 Å². The standard InChI is InChI=1S/C13H14N2O/c1-9-3-4-13(11(14)7-9)16-12-5-6-15-8-10(12)2/h3-8H,14H2,1-2H3. The first-order valence-electron chi connectivity index (χ1n) is 5.11. The Hall–Kier alpha value is -2.03. The number of benzene rings is 1. The Morgan fingerprint density at radius 3 is 2.62 bits per heavy atom. The van der Waals surface area contributed by atoms with Crippen LogP contribution in [0.3, 0.4) is 0 Å². The summed E-state index contributed by atoms with van der Waals surface area (Å²) in [6.07, 6.45) is 3.46. The van der Waals surface area contributed by atoms with Crippen LogP contribution in [0.1, 0.15) is 11.1 Å². The normalized spacial score (nSPS) is 10.1. The van der Waals surface area contributed by atoms with E-state index in [9.17, 15) is 0 Å². The summed E-state index contributed by atoms with van der Waals surface area (Å²) < 4.78 is 5.73. The molecule has 1 heterocycles. The maximum atomic E-state index is 5.88. The summed E-state index contributed by atoms with van der Waals surface area (Å²) in [4.78, 5) is 4.01. The van der Waals surface area contributed by atoms with Gasteiger partial charge in [0.2, 0.25) is 0 Å². The third-order valence-electron chi connectivity index (χ3n) is 2.35. The van der Waals surface area contributed by atoms with Crippen LogP contribution in [-0.4, -0.2) is 4.98 Å². The zero-order valence-corrected chi connectivity index (χ0v) is 9.40. The second-order valence-corrected chi connectivity index (χ2v) is 3.78. The molecular formula is C13H14N2O. The summed E-state index contributed by atoms with van der Waals surface area (Å²) in [6.45, 7) is 3.95. The molecule has 0 bridgehead atoms. The summed E-state index contributed by atoms with van der Waals surface area (Å²) in [6, 6.07) is 7.58. The number of aromatic nitrogens is 1. The number of nitrogens with zero attached hydrogens (tertiary/aromatic N) is 1. The van der Waals surface area contributed by atoms with Gasteiger partial charge < -0.3 is 10.5 Å². The smallest absolute Gasteiger partial charge is 0.150 e. The number of hydrogen-bond donors (Lipinski definition) is 1. The third kappa shape index (κ3) is 2.14. The van der Waals surface area contributed by atoms with Gasteiger partial charge in [0.1, 0.15) is 11.5 Å². The number of nitrogens with two attached hydrogens (primary N) is 1. The molecule has 0 radical (unpaired) electrons. The van der Waals surface area contributed by atoms with E-state index in [2.05, 4.69) is 4.98 Å². The number of rotatable bonds is 2. The van der Waals surface area contributed by atoms with E-state index in [4.69, 9.17) is 10.5 Å². The molecule has 0 saturated heterocycles. The molecule has 0 atom stereocenters. The van der Waals surface area contributed by atoms with Crippen LogP contribution < -0.4 is 10.5 Å². The lowest BCUT2D eigenvalue weighted by atomic mass is 10.2. The highest BCUT2D eigenvalue weighted by Gasteiger charge is 2.04. The summed E-state index contributed by atoms with van der Waals surface area (Å²) in [5.41, 5.74) is 8.64. The molecule has 0 unspecified atom stereocenters. The largest absolute Gasteiger partial charge is 0.455 e. The molecule has 0 saturated carbocycles. The van der Waals surface area contributed by atoms with E-state index < -0.39 is 0 Å². The molecule has 0 aliphatic carbocycles. The minimum Gasteiger partial charge on any atom is -0.455 e. The fourth-order valence-corrected chi connectivity index (χ4v) is 1.45. The molecule has 1 aromatic carbocycles. The van der Waals surface area contributed by atoms with E-state index in [0.717, 1.165) is 16.9 Å². The van der Waals surface area contributed by atoms with Gasteiger partial charge in [-0.2, -0.15) is 0 Å². The molecule has 0 fully saturated rings. The Labute approximate surface area is 94.9 Å². The van der Waals surface area contributed by atoms with Gasteiger partial charge in [0.25, 0.3) is 0 Å². The number of anilines is 1. The topological polar surface area (TPSA) is 48.1 Å². The minimum absolute atomic E-state index is 0.649. The second kappa shape index (κ2) is 4.23. The fraction of sp³-hybridized carbons (Fsp3) is 0.154. The quantitative estimate of drug-likeness (QED) is 0.781. The van der Waals surface area contributed by atoms with Crippen molar-refractivity contribution in [3.63, 3.8) is 0 Å². The molecule has 1 aromatic heterocycles. The third-order valence-corrected chi connectivity index (χ3v) is 2.35. The van der Waals surface area contributed by atoms with E-state index in [0.29, 0.717) is 11.4 Å². The highest BCUT2D eigenvalue weighted by atomic mass is 16.5. The van der Waals surface area contributed by atoms with E-state index >= 15 is 0 Å². The van der Waals surface area contributed by atoms with E-state index in [1.165, 1.54) is 0 Å². The average Bonchev–Trinajstić information content (AvgIpc) is 2.25. The van der Waals surface area contributed by atoms with Crippen LogP contribution in [0.5, 0.6) is 11.5 Å². The van der Waals surface area contributed by atoms with Gasteiger partial charge in [-0.15, -0.1) is 0 Å². The van der Waals surface area contributed by atoms with Gasteiger partial charge in [0.05, 0.1) is 5.69 Å². The van der Waals surface area contributed by atoms with Crippen molar-refractivity contribution < 1.29 is 4.74 Å². The zero-order valence-electron chi connectivity index (χ0n) is 9.40. The predicted octanol–water partition coefficient (Wildman–Crippen LogP) is 3.07. The Balaban J connectivity index is 2.31. The van der Waals surface area contributed by atoms with Crippen LogP contribution in [0.25, 0.3) is 0 Å². The number of ether oxygens (including phenoxy) is 1. The summed E-state index contributed by atoms with van der Waals surface area (Å²) in [5.74, 6) is 1.46. The molecule has 82 valence electrons. The molecule has 3 heteroatoms. The van der Waals surface area contributed by atoms with Gasteiger partial charge in [-0.05, 0) is 37.6 Å². The van der Waals surface area contributed by atoms with E-state index in [1.807, 2.05) is 38.1 Å². The summed E-state index contributed by atoms with van der Waals surface area (Å²) in [7, 11) is 0. The van der Waals surface area contributed by atoms with Crippen LogP contribution in [0, 0.1) is 13.8 Å². The Morgan fingerprint density at radius 1 is 1.12 bits per heavy atom. The fourth-order valence-electron chi connectivity index (χ4n) is 1.45. The molecule has 16 heavy (non-hydrogen) atoms. The highest BCUT2D eigenvalue weighted by Crippen LogP contribution is 2.29. The van der Waals surface area contributed by atoms with Crippen LogP contribution >= 0.6 is 0 Å². The molecule has 0 amide bonds. The predicted molar refractivity (Wildman–Crippen MR) is 64.6 cm³/mol. The van der Waals surface area contributed by atoms with Crippen molar-refractivity contribution in [3.8, 4) is 11.5 Å². The minimum atomic E-state index is 0.649. The highest BCUT2D eigenvalue weighted by molar-refractivity contribution is 5.55. The second-order valence-electron chi connectivity index (χ2n) is 3.78. The maximum Gasteiger partial charge on any atom is 0.150 e. The number of pyridine rings is 1. The number of nitrogen functional groups attached to an aromatic ring is 1. The molecule has 3 nitrogen and oxygen atoms in total. The molecule has 0 aliphatic heterocycles. The van der Waals surface area contributed by atoms with Gasteiger partial charge in [-0.1, -0.05) is 6.07 Å². The van der Waals surface area contributed by atoms with Crippen molar-refractivity contribution in [2.45, 2.75) is 13.8 Å². The number of aryl methyl sites for hydroxylation is 2. The van der Waals surface area contributed by atoms with Crippen molar-refractivity contribution in [1.82, 2.24) is 4.98 Å². The molecule has 0 spiro atoms. The lowest BCUT2D eigenvalue weighted by Crippen LogP contribution is -1.94. The summed E-state index contributed by atoms with van der Waals surface area (Å²) >= 11 is 0. The van der Waals surface area contributed by atoms with Gasteiger partial charge in [0.15, 0.2) is 0 Å². The molecule has 2 aromatic rings. The van der Waals surface area contributed by atoms with Gasteiger partial charge in [-0.3, -0.25) is 4.98 Å². The van der Waals surface area contributed by atoms with E-state index in [-0.39, 0.29) is 0 Å². The first kappa shape index (κ1) is 10.5. The molecule has 2 rings (SSSR count). The van der Waals surface area contributed by atoms with Crippen LogP contribution in [0.2, 0.25) is 0 Å². The first-order chi connectivity index (χ1) is 7.66. The molecule has 0 aliphatic rings. The van der Waals surface area contributed by atoms with Crippen molar-refractivity contribution >= 4 is 5.69 Å². The lowest BCUT2D eigenvalue weighted by molar-refractivity contribution is 0.480. The van der Waals surface area contributed by atoms with Gasteiger partial charge in [-0.25, -0.2) is 0 Å². The average molecular weight is 214 g/mol. The van der Waals surface area contributed by atoms with Crippen molar-refractivity contribution in [3.05, 3.63) is 47.8 Å². The Bertz CT molecular complexity index is 509. The SMILES string of the molecule is Cc1ccc(Oc2ccncc2C)c(N)c1. The van der Waals surface area contributed by atoms with Crippen molar-refractivity contribution in [1.29, 1.82) is 0 Å². The lowest BCUT2D eigenvalue weighted by Gasteiger charge is -2.10. The van der Waals surface area contributed by atoms with Gasteiger partial charge in [0, 0.05) is 18.0 Å². The monoisotopic (exact) mass is 214 g/mol. The zero-order chi connectivity index (χ0) is 11.5. The van der Waals surface area contributed by atoms with Crippen molar-refractivity contribution in [2.75, 3.05) is 5.73 Å². The Kier molecular flexibility index (Phi) is 2.77. The van der Waals surface area contributed by atoms with Crippen molar-refractivity contribution in [2.24, 2.45) is 0 Å². The first-order valence-corrected chi connectivity index (χ1v) is 5.11. The van der Waals surface area contributed by atoms with Gasteiger partial charge >= 0.3 is 0 Å². The van der Waals surface area contributed by atoms with Crippen LogP contribution in [0.15, 0.2) is 36.7 Å². The maximum absolute atomic E-state index is 5.88. The number of hydrogen-bond acceptors (Lipinski definition) is 3. The molecule has 2 N–H and O–H groups in total.